The lowest BCUT2D eigenvalue weighted by molar-refractivity contribution is -0.120. The number of halogens is 1. The number of anilines is 2. The zero-order valence-electron chi connectivity index (χ0n) is 16.5. The molecule has 0 spiro atoms. The number of piperidine rings is 1. The minimum Gasteiger partial charge on any atom is -0.454 e. The van der Waals surface area contributed by atoms with E-state index >= 15 is 0 Å². The Kier molecular flexibility index (Phi) is 6.00. The third-order valence-corrected chi connectivity index (χ3v) is 5.60. The van der Waals surface area contributed by atoms with Crippen molar-refractivity contribution >= 4 is 28.9 Å². The summed E-state index contributed by atoms with van der Waals surface area (Å²) < 4.78 is 10.8. The summed E-state index contributed by atoms with van der Waals surface area (Å²) >= 11 is 6.20. The van der Waals surface area contributed by atoms with Crippen LogP contribution in [0.1, 0.15) is 37.8 Å². The first-order valence-corrected chi connectivity index (χ1v) is 10.5. The number of nitrogens with zero attached hydrogens (tertiary/aromatic N) is 1. The molecule has 2 aliphatic rings. The molecule has 6 nitrogen and oxygen atoms in total. The molecule has 1 saturated heterocycles. The van der Waals surface area contributed by atoms with Crippen LogP contribution in [0, 0.1) is 0 Å². The van der Waals surface area contributed by atoms with Gasteiger partial charge in [0.05, 0.1) is 24.0 Å². The van der Waals surface area contributed by atoms with Gasteiger partial charge in [-0.15, -0.1) is 0 Å². The zero-order chi connectivity index (χ0) is 20.2. The molecule has 1 amide bonds. The summed E-state index contributed by atoms with van der Waals surface area (Å²) in [6.45, 7) is 4.43. The van der Waals surface area contributed by atoms with E-state index in [0.29, 0.717) is 10.8 Å². The third kappa shape index (κ3) is 4.70. The van der Waals surface area contributed by atoms with E-state index in [-0.39, 0.29) is 25.3 Å². The Hall–Kier alpha value is -2.60. The molecule has 2 aromatic rings. The van der Waals surface area contributed by atoms with E-state index < -0.39 is 0 Å². The average Bonchev–Trinajstić information content (AvgIpc) is 3.21. The van der Waals surface area contributed by atoms with Crippen LogP contribution in [0.3, 0.4) is 0 Å². The van der Waals surface area contributed by atoms with Crippen LogP contribution in [-0.2, 0) is 4.79 Å². The molecule has 1 unspecified atom stereocenters. The number of rotatable bonds is 6. The Morgan fingerprint density at radius 1 is 1.10 bits per heavy atom. The summed E-state index contributed by atoms with van der Waals surface area (Å²) in [6.07, 6.45) is 3.65. The van der Waals surface area contributed by atoms with Gasteiger partial charge in [0.2, 0.25) is 12.7 Å². The molecule has 2 heterocycles. The number of hydrogen-bond donors (Lipinski definition) is 2. The molecule has 0 saturated carbocycles. The van der Waals surface area contributed by atoms with E-state index in [4.69, 9.17) is 21.1 Å². The second-order valence-electron chi connectivity index (χ2n) is 7.46. The maximum atomic E-state index is 12.5. The van der Waals surface area contributed by atoms with Gasteiger partial charge in [-0.2, -0.15) is 0 Å². The highest BCUT2D eigenvalue weighted by Crippen LogP contribution is 2.34. The summed E-state index contributed by atoms with van der Waals surface area (Å²) in [5.41, 5.74) is 2.97. The molecule has 0 aliphatic carbocycles. The number of ether oxygens (including phenoxy) is 2. The second kappa shape index (κ2) is 8.82. The molecule has 154 valence electrons. The number of carbonyl (C=O) groups excluding carboxylic acids is 1. The standard InChI is InChI=1S/C22H26ClN3O3/c1-15(16-5-8-20-21(11-16)29-14-28-20)25-22(27)13-24-18-12-17(23)6-7-19(18)26-9-3-2-4-10-26/h5-8,11-12,15,24H,2-4,9-10,13-14H2,1H3,(H,25,27). The zero-order valence-corrected chi connectivity index (χ0v) is 17.3. The van der Waals surface area contributed by atoms with Crippen LogP contribution in [0.5, 0.6) is 11.5 Å². The summed E-state index contributed by atoms with van der Waals surface area (Å²) in [5.74, 6) is 1.37. The normalized spacial score (nSPS) is 16.4. The Morgan fingerprint density at radius 2 is 1.90 bits per heavy atom. The average molecular weight is 416 g/mol. The second-order valence-corrected chi connectivity index (χ2v) is 7.90. The minimum absolute atomic E-state index is 0.0836. The quantitative estimate of drug-likeness (QED) is 0.734. The van der Waals surface area contributed by atoms with Crippen LogP contribution in [0.25, 0.3) is 0 Å². The molecule has 7 heteroatoms. The number of nitrogens with one attached hydrogen (secondary N) is 2. The van der Waals surface area contributed by atoms with Crippen molar-refractivity contribution in [3.05, 3.63) is 47.0 Å². The number of benzene rings is 2. The Morgan fingerprint density at radius 3 is 2.72 bits per heavy atom. The number of carbonyl (C=O) groups is 1. The first kappa shape index (κ1) is 19.7. The van der Waals surface area contributed by atoms with Crippen molar-refractivity contribution in [3.8, 4) is 11.5 Å². The number of hydrogen-bond acceptors (Lipinski definition) is 5. The lowest BCUT2D eigenvalue weighted by atomic mass is 10.1. The monoisotopic (exact) mass is 415 g/mol. The molecule has 4 rings (SSSR count). The van der Waals surface area contributed by atoms with Gasteiger partial charge in [0.25, 0.3) is 0 Å². The van der Waals surface area contributed by atoms with Crippen molar-refractivity contribution in [2.75, 3.05) is 36.6 Å². The fraction of sp³-hybridized carbons (Fsp3) is 0.409. The van der Waals surface area contributed by atoms with Crippen LogP contribution in [0.15, 0.2) is 36.4 Å². The van der Waals surface area contributed by atoms with E-state index in [0.717, 1.165) is 35.8 Å². The van der Waals surface area contributed by atoms with Gasteiger partial charge in [0, 0.05) is 18.1 Å². The molecule has 2 aliphatic heterocycles. The van der Waals surface area contributed by atoms with Crippen molar-refractivity contribution in [3.63, 3.8) is 0 Å². The van der Waals surface area contributed by atoms with Gasteiger partial charge in [0.15, 0.2) is 11.5 Å². The van der Waals surface area contributed by atoms with Gasteiger partial charge >= 0.3 is 0 Å². The predicted octanol–water partition coefficient (Wildman–Crippen LogP) is 4.35. The lowest BCUT2D eigenvalue weighted by Gasteiger charge is -2.30. The molecular weight excluding hydrogens is 390 g/mol. The van der Waals surface area contributed by atoms with Gasteiger partial charge in [-0.25, -0.2) is 0 Å². The number of amides is 1. The predicted molar refractivity (Wildman–Crippen MR) is 115 cm³/mol. The van der Waals surface area contributed by atoms with Gasteiger partial charge in [0.1, 0.15) is 0 Å². The van der Waals surface area contributed by atoms with Crippen molar-refractivity contribution in [2.24, 2.45) is 0 Å². The van der Waals surface area contributed by atoms with Crippen LogP contribution < -0.4 is 25.0 Å². The Balaban J connectivity index is 1.37. The molecule has 2 N–H and O–H groups in total. The van der Waals surface area contributed by atoms with E-state index in [1.54, 1.807) is 0 Å². The summed E-state index contributed by atoms with van der Waals surface area (Å²) in [7, 11) is 0. The first-order chi connectivity index (χ1) is 14.1. The third-order valence-electron chi connectivity index (χ3n) is 5.37. The van der Waals surface area contributed by atoms with Gasteiger partial charge in [-0.1, -0.05) is 17.7 Å². The van der Waals surface area contributed by atoms with Crippen LogP contribution in [0.4, 0.5) is 11.4 Å². The van der Waals surface area contributed by atoms with Gasteiger partial charge in [-0.05, 0) is 62.1 Å². The molecule has 0 aromatic heterocycles. The van der Waals surface area contributed by atoms with Gasteiger partial charge in [-0.3, -0.25) is 4.79 Å². The van der Waals surface area contributed by atoms with Crippen LogP contribution in [-0.4, -0.2) is 32.3 Å². The highest BCUT2D eigenvalue weighted by Gasteiger charge is 2.18. The van der Waals surface area contributed by atoms with E-state index in [2.05, 4.69) is 15.5 Å². The molecule has 0 radical (unpaired) electrons. The molecule has 1 atom stereocenters. The fourth-order valence-electron chi connectivity index (χ4n) is 3.79. The topological polar surface area (TPSA) is 62.8 Å². The summed E-state index contributed by atoms with van der Waals surface area (Å²) in [6, 6.07) is 11.4. The highest BCUT2D eigenvalue weighted by atomic mass is 35.5. The maximum absolute atomic E-state index is 12.5. The highest BCUT2D eigenvalue weighted by molar-refractivity contribution is 6.31. The molecular formula is C22H26ClN3O3. The van der Waals surface area contributed by atoms with Crippen molar-refractivity contribution in [2.45, 2.75) is 32.2 Å². The molecule has 1 fully saturated rings. The van der Waals surface area contributed by atoms with Crippen LogP contribution in [0.2, 0.25) is 5.02 Å². The van der Waals surface area contributed by atoms with Crippen molar-refractivity contribution in [1.82, 2.24) is 5.32 Å². The summed E-state index contributed by atoms with van der Waals surface area (Å²) in [5, 5.41) is 6.95. The maximum Gasteiger partial charge on any atom is 0.239 e. The minimum atomic E-state index is -0.139. The summed E-state index contributed by atoms with van der Waals surface area (Å²) in [4.78, 5) is 14.9. The fourth-order valence-corrected chi connectivity index (χ4v) is 3.97. The molecule has 0 bridgehead atoms. The molecule has 2 aromatic carbocycles. The smallest absolute Gasteiger partial charge is 0.239 e. The number of fused-ring (bicyclic) bond motifs is 1. The molecule has 29 heavy (non-hydrogen) atoms. The van der Waals surface area contributed by atoms with Crippen molar-refractivity contribution < 1.29 is 14.3 Å². The first-order valence-electron chi connectivity index (χ1n) is 10.1. The largest absolute Gasteiger partial charge is 0.454 e. The lowest BCUT2D eigenvalue weighted by Crippen LogP contribution is -2.33. The Labute approximate surface area is 176 Å². The van der Waals surface area contributed by atoms with E-state index in [1.165, 1.54) is 19.3 Å². The van der Waals surface area contributed by atoms with Crippen LogP contribution >= 0.6 is 11.6 Å². The van der Waals surface area contributed by atoms with E-state index in [1.807, 2.05) is 43.3 Å². The Bertz CT molecular complexity index is 884. The SMILES string of the molecule is CC(NC(=O)CNc1cc(Cl)ccc1N1CCCCC1)c1ccc2c(c1)OCO2. The van der Waals surface area contributed by atoms with Crippen molar-refractivity contribution in [1.29, 1.82) is 0 Å². The van der Waals surface area contributed by atoms with E-state index in [9.17, 15) is 4.79 Å². The van der Waals surface area contributed by atoms with Gasteiger partial charge < -0.3 is 25.0 Å².